The predicted molar refractivity (Wildman–Crippen MR) is 97.9 cm³/mol. The zero-order chi connectivity index (χ0) is 16.8. The molecule has 0 bridgehead atoms. The van der Waals surface area contributed by atoms with Gasteiger partial charge in [0.1, 0.15) is 0 Å². The number of anilines is 1. The summed E-state index contributed by atoms with van der Waals surface area (Å²) in [6.07, 6.45) is 0. The van der Waals surface area contributed by atoms with Crippen molar-refractivity contribution in [3.05, 3.63) is 29.8 Å². The average molecular weight is 361 g/mol. The first-order chi connectivity index (χ1) is 10.2. The quantitative estimate of drug-likeness (QED) is 0.762. The summed E-state index contributed by atoms with van der Waals surface area (Å²) in [5.74, 6) is 0.532. The van der Waals surface area contributed by atoms with E-state index < -0.39 is 6.04 Å². The number of esters is 1. The van der Waals surface area contributed by atoms with Crippen molar-refractivity contribution >= 4 is 41.7 Å². The highest BCUT2D eigenvalue weighted by molar-refractivity contribution is 7.99. The summed E-state index contributed by atoms with van der Waals surface area (Å²) in [7, 11) is 1.37. The van der Waals surface area contributed by atoms with Crippen LogP contribution in [0.15, 0.2) is 24.3 Å². The third-order valence-corrected chi connectivity index (χ3v) is 4.10. The smallest absolute Gasteiger partial charge is 0.315 e. The van der Waals surface area contributed by atoms with E-state index in [1.54, 1.807) is 0 Å². The minimum absolute atomic E-state index is 0. The van der Waals surface area contributed by atoms with Gasteiger partial charge < -0.3 is 15.8 Å². The second-order valence-corrected chi connectivity index (χ2v) is 7.09. The minimum Gasteiger partial charge on any atom is -0.468 e. The van der Waals surface area contributed by atoms with Crippen molar-refractivity contribution in [1.82, 2.24) is 0 Å². The van der Waals surface area contributed by atoms with E-state index in [-0.39, 0.29) is 29.7 Å². The van der Waals surface area contributed by atoms with E-state index in [9.17, 15) is 9.59 Å². The lowest BCUT2D eigenvalue weighted by molar-refractivity contribution is -0.137. The summed E-state index contributed by atoms with van der Waals surface area (Å²) in [4.78, 5) is 23.2. The molecule has 0 radical (unpaired) electrons. The maximum absolute atomic E-state index is 12.1. The molecule has 1 aromatic rings. The number of nitrogens with one attached hydrogen (secondary N) is 1. The molecule has 0 saturated carbocycles. The minimum atomic E-state index is -0.579. The van der Waals surface area contributed by atoms with Gasteiger partial charge in [-0.05, 0) is 23.1 Å². The molecule has 7 heteroatoms. The number of amides is 1. The van der Waals surface area contributed by atoms with E-state index >= 15 is 0 Å². The van der Waals surface area contributed by atoms with Crippen LogP contribution in [0.5, 0.6) is 0 Å². The third kappa shape index (κ3) is 7.72. The molecule has 0 spiro atoms. The van der Waals surface area contributed by atoms with Crippen LogP contribution in [-0.2, 0) is 20.1 Å². The van der Waals surface area contributed by atoms with Crippen LogP contribution in [0.3, 0.4) is 0 Å². The van der Waals surface area contributed by atoms with Crippen LogP contribution in [0.2, 0.25) is 0 Å². The Morgan fingerprint density at radius 3 is 2.57 bits per heavy atom. The summed E-state index contributed by atoms with van der Waals surface area (Å²) in [5.41, 5.74) is 7.38. The van der Waals surface area contributed by atoms with Crippen LogP contribution in [0.25, 0.3) is 0 Å². The van der Waals surface area contributed by atoms with Gasteiger partial charge in [-0.3, -0.25) is 9.59 Å². The monoisotopic (exact) mass is 360 g/mol. The fraction of sp³-hybridized carbons (Fsp3) is 0.500. The Hall–Kier alpha value is -1.24. The molecule has 130 valence electrons. The largest absolute Gasteiger partial charge is 0.468 e. The number of carbonyl (C=O) groups excluding carboxylic acids is 2. The maximum atomic E-state index is 12.1. The molecule has 5 nitrogen and oxygen atoms in total. The molecule has 0 heterocycles. The van der Waals surface area contributed by atoms with Gasteiger partial charge in [0.25, 0.3) is 0 Å². The topological polar surface area (TPSA) is 81.4 Å². The molecule has 0 aliphatic heterocycles. The van der Waals surface area contributed by atoms with Gasteiger partial charge in [0, 0.05) is 11.4 Å². The number of thioether (sulfide) groups is 1. The highest BCUT2D eigenvalue weighted by Crippen LogP contribution is 2.20. The molecule has 0 aromatic heterocycles. The Kier molecular flexibility index (Phi) is 9.27. The van der Waals surface area contributed by atoms with Gasteiger partial charge in [-0.1, -0.05) is 32.9 Å². The summed E-state index contributed by atoms with van der Waals surface area (Å²) < 4.78 is 4.59. The highest BCUT2D eigenvalue weighted by Gasteiger charge is 2.27. The van der Waals surface area contributed by atoms with Crippen molar-refractivity contribution in [2.24, 2.45) is 11.1 Å². The lowest BCUT2D eigenvalue weighted by atomic mass is 9.87. The number of halogens is 1. The van der Waals surface area contributed by atoms with Crippen molar-refractivity contribution in [3.63, 3.8) is 0 Å². The number of rotatable bonds is 6. The van der Waals surface area contributed by atoms with E-state index in [4.69, 9.17) is 5.73 Å². The van der Waals surface area contributed by atoms with E-state index in [0.29, 0.717) is 17.2 Å². The van der Waals surface area contributed by atoms with Crippen molar-refractivity contribution in [3.8, 4) is 0 Å². The fourth-order valence-electron chi connectivity index (χ4n) is 1.66. The molecule has 1 aromatic carbocycles. The Morgan fingerprint density at radius 1 is 1.35 bits per heavy atom. The lowest BCUT2D eigenvalue weighted by Crippen LogP contribution is -2.45. The second-order valence-electron chi connectivity index (χ2n) is 6.10. The zero-order valence-corrected chi connectivity index (χ0v) is 15.6. The SMILES string of the molecule is COC(=O)CSCc1cccc(NC(=O)[C@@H](N)C(C)(C)C)c1.Cl. The molecule has 1 atom stereocenters. The van der Waals surface area contributed by atoms with E-state index in [1.807, 2.05) is 45.0 Å². The number of carbonyl (C=O) groups is 2. The van der Waals surface area contributed by atoms with Crippen molar-refractivity contribution < 1.29 is 14.3 Å². The Morgan fingerprint density at radius 2 is 2.00 bits per heavy atom. The first kappa shape index (κ1) is 21.8. The van der Waals surface area contributed by atoms with Gasteiger partial charge in [0.2, 0.25) is 5.91 Å². The van der Waals surface area contributed by atoms with E-state index in [0.717, 1.165) is 5.56 Å². The summed E-state index contributed by atoms with van der Waals surface area (Å²) in [6.45, 7) is 5.78. The molecule has 23 heavy (non-hydrogen) atoms. The van der Waals surface area contributed by atoms with E-state index in [1.165, 1.54) is 18.9 Å². The van der Waals surface area contributed by atoms with Gasteiger partial charge in [-0.15, -0.1) is 24.2 Å². The summed E-state index contributed by atoms with van der Waals surface area (Å²) >= 11 is 1.47. The van der Waals surface area contributed by atoms with Crippen LogP contribution < -0.4 is 11.1 Å². The maximum Gasteiger partial charge on any atom is 0.315 e. The van der Waals surface area contributed by atoms with Crippen LogP contribution in [-0.4, -0.2) is 30.8 Å². The molecule has 0 unspecified atom stereocenters. The third-order valence-electron chi connectivity index (χ3n) is 3.13. The number of hydrogen-bond donors (Lipinski definition) is 2. The molecular formula is C16H25ClN2O3S. The van der Waals surface area contributed by atoms with Crippen LogP contribution in [0.4, 0.5) is 5.69 Å². The fourth-order valence-corrected chi connectivity index (χ4v) is 2.47. The highest BCUT2D eigenvalue weighted by atomic mass is 35.5. The van der Waals surface area contributed by atoms with Crippen LogP contribution in [0.1, 0.15) is 26.3 Å². The van der Waals surface area contributed by atoms with Crippen LogP contribution in [0, 0.1) is 5.41 Å². The number of ether oxygens (including phenoxy) is 1. The number of hydrogen-bond acceptors (Lipinski definition) is 5. The summed E-state index contributed by atoms with van der Waals surface area (Å²) in [5, 5.41) is 2.83. The van der Waals surface area contributed by atoms with Crippen LogP contribution >= 0.6 is 24.2 Å². The van der Waals surface area contributed by atoms with Gasteiger partial charge in [0.05, 0.1) is 18.9 Å². The van der Waals surface area contributed by atoms with Gasteiger partial charge >= 0.3 is 5.97 Å². The van der Waals surface area contributed by atoms with Gasteiger partial charge in [-0.2, -0.15) is 0 Å². The Balaban J connectivity index is 0.00000484. The first-order valence-corrected chi connectivity index (χ1v) is 8.19. The standard InChI is InChI=1S/C16H24N2O3S.ClH/c1-16(2,3)14(17)15(20)18-12-7-5-6-11(8-12)9-22-10-13(19)21-4;/h5-8,14H,9-10,17H2,1-4H3,(H,18,20);1H/t14-;/m1./s1. The van der Waals surface area contributed by atoms with E-state index in [2.05, 4.69) is 10.1 Å². The molecule has 0 aliphatic carbocycles. The first-order valence-electron chi connectivity index (χ1n) is 7.04. The number of methoxy groups -OCH3 is 1. The van der Waals surface area contributed by atoms with Crippen molar-refractivity contribution in [1.29, 1.82) is 0 Å². The Bertz CT molecular complexity index is 532. The van der Waals surface area contributed by atoms with Gasteiger partial charge in [-0.25, -0.2) is 0 Å². The molecule has 3 N–H and O–H groups in total. The number of nitrogens with two attached hydrogens (primary N) is 1. The zero-order valence-electron chi connectivity index (χ0n) is 13.9. The molecule has 0 fully saturated rings. The van der Waals surface area contributed by atoms with Crippen molar-refractivity contribution in [2.45, 2.75) is 32.6 Å². The molecule has 1 rings (SSSR count). The molecule has 0 aliphatic rings. The Labute approximate surface area is 148 Å². The van der Waals surface area contributed by atoms with Gasteiger partial charge in [0.15, 0.2) is 0 Å². The normalized spacial score (nSPS) is 12.0. The van der Waals surface area contributed by atoms with Crippen molar-refractivity contribution in [2.75, 3.05) is 18.2 Å². The lowest BCUT2D eigenvalue weighted by Gasteiger charge is -2.25. The summed E-state index contributed by atoms with van der Waals surface area (Å²) in [6, 6.07) is 6.94. The molecular weight excluding hydrogens is 336 g/mol. The second kappa shape index (κ2) is 9.80. The number of benzene rings is 1. The average Bonchev–Trinajstić information content (AvgIpc) is 2.45. The predicted octanol–water partition coefficient (Wildman–Crippen LogP) is 2.83. The molecule has 0 saturated heterocycles. The molecule has 1 amide bonds.